The Balaban J connectivity index is 1.90. The van der Waals surface area contributed by atoms with Crippen molar-refractivity contribution < 1.29 is 0 Å². The van der Waals surface area contributed by atoms with Crippen LogP contribution in [0, 0.1) is 0 Å². The highest BCUT2D eigenvalue weighted by Gasteiger charge is 2.22. The molecule has 1 unspecified atom stereocenters. The highest BCUT2D eigenvalue weighted by molar-refractivity contribution is 5.34. The van der Waals surface area contributed by atoms with Crippen LogP contribution in [0.4, 0.5) is 5.69 Å². The van der Waals surface area contributed by atoms with Gasteiger partial charge in [-0.15, -0.1) is 0 Å². The average Bonchev–Trinajstić information content (AvgIpc) is 2.32. The molecule has 1 aromatic heterocycles. The van der Waals surface area contributed by atoms with Gasteiger partial charge in [0.2, 0.25) is 0 Å². The number of hydrogen-bond acceptors (Lipinski definition) is 4. The molecule has 2 N–H and O–H groups in total. The summed E-state index contributed by atoms with van der Waals surface area (Å²) in [6.45, 7) is 10.0. The van der Waals surface area contributed by atoms with E-state index in [2.05, 4.69) is 28.6 Å². The van der Waals surface area contributed by atoms with Crippen molar-refractivity contribution in [1.82, 2.24) is 14.8 Å². The summed E-state index contributed by atoms with van der Waals surface area (Å²) in [4.78, 5) is 9.34. The quantitative estimate of drug-likeness (QED) is 0.853. The maximum atomic E-state index is 5.64. The van der Waals surface area contributed by atoms with Crippen molar-refractivity contribution in [2.45, 2.75) is 26.4 Å². The fraction of sp³-hybridized carbons (Fsp3) is 0.615. The number of piperazine rings is 1. The molecule has 0 spiro atoms. The molecule has 1 aromatic rings. The lowest BCUT2D eigenvalue weighted by Crippen LogP contribution is -2.51. The first-order valence-corrected chi connectivity index (χ1v) is 6.36. The van der Waals surface area contributed by atoms with Crippen LogP contribution < -0.4 is 5.73 Å². The fourth-order valence-corrected chi connectivity index (χ4v) is 2.44. The number of pyridine rings is 1. The van der Waals surface area contributed by atoms with E-state index < -0.39 is 0 Å². The highest BCUT2D eigenvalue weighted by atomic mass is 15.3. The first-order valence-electron chi connectivity index (χ1n) is 6.36. The minimum Gasteiger partial charge on any atom is -0.397 e. The monoisotopic (exact) mass is 234 g/mol. The normalized spacial score (nSPS) is 22.8. The molecule has 0 aliphatic carbocycles. The second-order valence-electron chi connectivity index (χ2n) is 4.80. The van der Waals surface area contributed by atoms with Crippen LogP contribution in [0.5, 0.6) is 0 Å². The van der Waals surface area contributed by atoms with Crippen molar-refractivity contribution >= 4 is 5.69 Å². The third-order valence-electron chi connectivity index (χ3n) is 3.49. The van der Waals surface area contributed by atoms with Crippen molar-refractivity contribution in [3.63, 3.8) is 0 Å². The second kappa shape index (κ2) is 5.47. The van der Waals surface area contributed by atoms with Crippen molar-refractivity contribution in [2.24, 2.45) is 0 Å². The Morgan fingerprint density at radius 1 is 1.41 bits per heavy atom. The Labute approximate surface area is 103 Å². The van der Waals surface area contributed by atoms with E-state index in [1.807, 2.05) is 12.1 Å². The van der Waals surface area contributed by atoms with Gasteiger partial charge in [-0.25, -0.2) is 0 Å². The maximum Gasteiger partial charge on any atom is 0.0545 e. The van der Waals surface area contributed by atoms with Gasteiger partial charge in [0, 0.05) is 32.2 Å². The molecule has 1 aliphatic rings. The minimum atomic E-state index is 0.641. The van der Waals surface area contributed by atoms with E-state index in [0.29, 0.717) is 6.04 Å². The maximum absolute atomic E-state index is 5.64. The number of nitrogen functional groups attached to an aromatic ring is 1. The Hall–Kier alpha value is -1.13. The Morgan fingerprint density at radius 2 is 2.24 bits per heavy atom. The Morgan fingerprint density at radius 3 is 2.82 bits per heavy atom. The predicted molar refractivity (Wildman–Crippen MR) is 70.6 cm³/mol. The smallest absolute Gasteiger partial charge is 0.0545 e. The Kier molecular flexibility index (Phi) is 3.97. The summed E-state index contributed by atoms with van der Waals surface area (Å²) in [5.74, 6) is 0. The molecule has 0 bridgehead atoms. The predicted octanol–water partition coefficient (Wildman–Crippen LogP) is 1.19. The minimum absolute atomic E-state index is 0.641. The fourth-order valence-electron chi connectivity index (χ4n) is 2.44. The van der Waals surface area contributed by atoms with Gasteiger partial charge in [-0.1, -0.05) is 6.92 Å². The first kappa shape index (κ1) is 12.3. The first-order chi connectivity index (χ1) is 8.19. The summed E-state index contributed by atoms with van der Waals surface area (Å²) in [7, 11) is 0. The molecule has 4 heteroatoms. The van der Waals surface area contributed by atoms with Gasteiger partial charge in [0.1, 0.15) is 0 Å². The molecule has 1 aliphatic heterocycles. The molecule has 1 fully saturated rings. The number of nitrogens with zero attached hydrogens (tertiary/aromatic N) is 3. The van der Waals surface area contributed by atoms with Gasteiger partial charge >= 0.3 is 0 Å². The second-order valence-corrected chi connectivity index (χ2v) is 4.80. The molecule has 4 nitrogen and oxygen atoms in total. The van der Waals surface area contributed by atoms with Crippen LogP contribution in [0.1, 0.15) is 19.5 Å². The van der Waals surface area contributed by atoms with Crippen molar-refractivity contribution in [3.05, 3.63) is 24.0 Å². The molecule has 17 heavy (non-hydrogen) atoms. The number of aromatic nitrogens is 1. The van der Waals surface area contributed by atoms with Gasteiger partial charge in [-0.2, -0.15) is 0 Å². The molecular formula is C13H22N4. The molecule has 0 saturated carbocycles. The molecule has 1 saturated heterocycles. The van der Waals surface area contributed by atoms with Crippen LogP contribution in [0.25, 0.3) is 0 Å². The number of rotatable bonds is 3. The van der Waals surface area contributed by atoms with Gasteiger partial charge < -0.3 is 5.73 Å². The molecule has 2 heterocycles. The van der Waals surface area contributed by atoms with Crippen LogP contribution in [-0.2, 0) is 6.54 Å². The van der Waals surface area contributed by atoms with Gasteiger partial charge in [0.15, 0.2) is 0 Å². The van der Waals surface area contributed by atoms with E-state index in [9.17, 15) is 0 Å². The van der Waals surface area contributed by atoms with Crippen LogP contribution in [0.2, 0.25) is 0 Å². The molecule has 2 rings (SSSR count). The van der Waals surface area contributed by atoms with Crippen molar-refractivity contribution in [2.75, 3.05) is 31.9 Å². The topological polar surface area (TPSA) is 45.4 Å². The summed E-state index contributed by atoms with van der Waals surface area (Å²) in [6.07, 6.45) is 1.74. The van der Waals surface area contributed by atoms with E-state index in [1.165, 1.54) is 0 Å². The van der Waals surface area contributed by atoms with Gasteiger partial charge in [0.05, 0.1) is 17.6 Å². The van der Waals surface area contributed by atoms with E-state index in [4.69, 9.17) is 5.73 Å². The van der Waals surface area contributed by atoms with E-state index in [-0.39, 0.29) is 0 Å². The SMILES string of the molecule is CCN1CCN(Cc2ccc(N)cn2)CC1C. The van der Waals surface area contributed by atoms with E-state index in [0.717, 1.165) is 44.1 Å². The van der Waals surface area contributed by atoms with E-state index in [1.54, 1.807) is 6.20 Å². The van der Waals surface area contributed by atoms with Gasteiger partial charge in [0.25, 0.3) is 0 Å². The zero-order valence-electron chi connectivity index (χ0n) is 10.8. The summed E-state index contributed by atoms with van der Waals surface area (Å²) in [5, 5.41) is 0. The lowest BCUT2D eigenvalue weighted by molar-refractivity contribution is 0.0826. The average molecular weight is 234 g/mol. The zero-order valence-corrected chi connectivity index (χ0v) is 10.8. The molecule has 0 aromatic carbocycles. The summed E-state index contributed by atoms with van der Waals surface area (Å²) < 4.78 is 0. The van der Waals surface area contributed by atoms with Crippen LogP contribution in [-0.4, -0.2) is 47.0 Å². The molecule has 94 valence electrons. The largest absolute Gasteiger partial charge is 0.397 e. The van der Waals surface area contributed by atoms with Crippen LogP contribution in [0.3, 0.4) is 0 Å². The van der Waals surface area contributed by atoms with Crippen molar-refractivity contribution in [3.8, 4) is 0 Å². The number of nitrogens with two attached hydrogens (primary N) is 1. The summed E-state index contributed by atoms with van der Waals surface area (Å²) >= 11 is 0. The number of anilines is 1. The molecule has 1 atom stereocenters. The Bertz CT molecular complexity index is 349. The summed E-state index contributed by atoms with van der Waals surface area (Å²) in [6, 6.07) is 4.59. The van der Waals surface area contributed by atoms with Crippen molar-refractivity contribution in [1.29, 1.82) is 0 Å². The number of likely N-dealkylation sites (N-methyl/N-ethyl adjacent to an activating group) is 1. The lowest BCUT2D eigenvalue weighted by atomic mass is 10.2. The lowest BCUT2D eigenvalue weighted by Gasteiger charge is -2.39. The third kappa shape index (κ3) is 3.17. The standard InChI is InChI=1S/C13H22N4/c1-3-17-7-6-16(9-11(17)2)10-13-5-4-12(14)8-15-13/h4-5,8,11H,3,6-7,9-10,14H2,1-2H3. The molecular weight excluding hydrogens is 212 g/mol. The molecule has 0 radical (unpaired) electrons. The summed E-state index contributed by atoms with van der Waals surface area (Å²) in [5.41, 5.74) is 7.48. The zero-order chi connectivity index (χ0) is 12.3. The van der Waals surface area contributed by atoms with Gasteiger partial charge in [-0.05, 0) is 25.6 Å². The van der Waals surface area contributed by atoms with E-state index >= 15 is 0 Å². The highest BCUT2D eigenvalue weighted by Crippen LogP contribution is 2.12. The third-order valence-corrected chi connectivity index (χ3v) is 3.49. The van der Waals surface area contributed by atoms with Crippen LogP contribution >= 0.6 is 0 Å². The molecule has 0 amide bonds. The van der Waals surface area contributed by atoms with Crippen LogP contribution in [0.15, 0.2) is 18.3 Å². The van der Waals surface area contributed by atoms with Gasteiger partial charge in [-0.3, -0.25) is 14.8 Å². The number of hydrogen-bond donors (Lipinski definition) is 1.